The Morgan fingerprint density at radius 3 is 2.59 bits per heavy atom. The molecule has 0 N–H and O–H groups in total. The van der Waals surface area contributed by atoms with Crippen LogP contribution in [-0.4, -0.2) is 46.2 Å². The van der Waals surface area contributed by atoms with Crippen LogP contribution in [0, 0.1) is 0 Å². The minimum atomic E-state index is -0.132. The number of fused-ring (bicyclic) bond motifs is 4. The molecule has 34 heavy (non-hydrogen) atoms. The molecular weight excluding hydrogens is 430 g/mol. The van der Waals surface area contributed by atoms with E-state index in [1.54, 1.807) is 26.0 Å². The lowest BCUT2D eigenvalue weighted by atomic mass is 10.2. The van der Waals surface area contributed by atoms with Crippen LogP contribution in [0.2, 0.25) is 0 Å². The predicted octanol–water partition coefficient (Wildman–Crippen LogP) is 2.41. The second-order valence-electron chi connectivity index (χ2n) is 8.27. The van der Waals surface area contributed by atoms with Crippen molar-refractivity contribution in [2.75, 3.05) is 11.9 Å². The lowest BCUT2D eigenvalue weighted by molar-refractivity contribution is 0.722. The van der Waals surface area contributed by atoms with Gasteiger partial charge in [-0.2, -0.15) is 9.61 Å². The highest BCUT2D eigenvalue weighted by Gasteiger charge is 2.16. The third-order valence-electron chi connectivity index (χ3n) is 5.88. The molecule has 0 amide bonds. The van der Waals surface area contributed by atoms with Crippen molar-refractivity contribution in [2.45, 2.75) is 13.1 Å². The Morgan fingerprint density at radius 2 is 1.76 bits per heavy atom. The topological polar surface area (TPSA) is 99.0 Å². The summed E-state index contributed by atoms with van der Waals surface area (Å²) in [6.07, 6.45) is 5.42. The van der Waals surface area contributed by atoms with E-state index < -0.39 is 0 Å². The lowest BCUT2D eigenvalue weighted by Crippen LogP contribution is -2.25. The van der Waals surface area contributed by atoms with E-state index in [2.05, 4.69) is 20.3 Å². The molecule has 6 rings (SSSR count). The van der Waals surface area contributed by atoms with Gasteiger partial charge < -0.3 is 4.90 Å². The number of aryl methyl sites for hydroxylation is 1. The molecular formula is C24H21N9O. The van der Waals surface area contributed by atoms with E-state index in [-0.39, 0.29) is 12.1 Å². The predicted molar refractivity (Wildman–Crippen MR) is 129 cm³/mol. The third kappa shape index (κ3) is 3.27. The average Bonchev–Trinajstić information content (AvgIpc) is 3.50. The molecule has 0 saturated carbocycles. The van der Waals surface area contributed by atoms with Gasteiger partial charge in [0.2, 0.25) is 0 Å². The molecule has 0 saturated heterocycles. The maximum Gasteiger partial charge on any atom is 0.262 e. The van der Waals surface area contributed by atoms with Crippen LogP contribution in [0.1, 0.15) is 11.4 Å². The van der Waals surface area contributed by atoms with Crippen molar-refractivity contribution in [1.82, 2.24) is 39.1 Å². The first-order valence-electron chi connectivity index (χ1n) is 10.8. The maximum absolute atomic E-state index is 13.4. The maximum atomic E-state index is 13.4. The van der Waals surface area contributed by atoms with Crippen LogP contribution in [0.4, 0.5) is 5.82 Å². The lowest BCUT2D eigenvalue weighted by Gasteiger charge is -2.20. The highest BCUT2D eigenvalue weighted by atomic mass is 16.1. The summed E-state index contributed by atoms with van der Waals surface area (Å²) in [5, 5.41) is 14.0. The second kappa shape index (κ2) is 7.77. The zero-order valence-corrected chi connectivity index (χ0v) is 18.7. The molecule has 0 aliphatic heterocycles. The molecule has 0 spiro atoms. The largest absolute Gasteiger partial charge is 0.355 e. The van der Waals surface area contributed by atoms with Gasteiger partial charge in [-0.25, -0.2) is 9.97 Å². The van der Waals surface area contributed by atoms with Crippen LogP contribution in [-0.2, 0) is 20.1 Å². The highest BCUT2D eigenvalue weighted by molar-refractivity contribution is 5.89. The Balaban J connectivity index is 1.48. The van der Waals surface area contributed by atoms with Gasteiger partial charge in [0, 0.05) is 37.8 Å². The SMILES string of the molecule is CN(Cc1cnn(C)c1)c1nc(Cn2c(=O)c3ccccc3n3nncc23)nc2ccccc12. The summed E-state index contributed by atoms with van der Waals surface area (Å²) in [5.41, 5.74) is 3.06. The Labute approximate surface area is 193 Å². The van der Waals surface area contributed by atoms with Gasteiger partial charge in [-0.15, -0.1) is 5.10 Å². The van der Waals surface area contributed by atoms with Crippen LogP contribution in [0.3, 0.4) is 0 Å². The van der Waals surface area contributed by atoms with Gasteiger partial charge in [0.05, 0.1) is 35.4 Å². The summed E-state index contributed by atoms with van der Waals surface area (Å²) in [6.45, 7) is 0.833. The number of anilines is 1. The number of aromatic nitrogens is 8. The molecule has 0 unspecified atom stereocenters. The Kier molecular flexibility index (Phi) is 4.58. The van der Waals surface area contributed by atoms with Crippen molar-refractivity contribution in [2.24, 2.45) is 7.05 Å². The number of benzene rings is 2. The zero-order chi connectivity index (χ0) is 23.2. The zero-order valence-electron chi connectivity index (χ0n) is 18.7. The van der Waals surface area contributed by atoms with Crippen molar-refractivity contribution < 1.29 is 0 Å². The number of hydrogen-bond donors (Lipinski definition) is 0. The van der Waals surface area contributed by atoms with Crippen molar-refractivity contribution in [3.8, 4) is 0 Å². The van der Waals surface area contributed by atoms with E-state index in [1.807, 2.05) is 69.0 Å². The van der Waals surface area contributed by atoms with E-state index in [0.29, 0.717) is 28.9 Å². The Bertz CT molecular complexity index is 1730. The molecule has 10 nitrogen and oxygen atoms in total. The van der Waals surface area contributed by atoms with Gasteiger partial charge in [0.1, 0.15) is 5.82 Å². The summed E-state index contributed by atoms with van der Waals surface area (Å²) in [6, 6.07) is 15.3. The van der Waals surface area contributed by atoms with E-state index >= 15 is 0 Å². The Morgan fingerprint density at radius 1 is 0.971 bits per heavy atom. The molecule has 0 bridgehead atoms. The number of para-hydroxylation sites is 2. The standard InChI is InChI=1S/C24H21N9O/c1-30(13-16-11-26-31(2)14-16)23-17-7-3-5-9-19(17)27-21(28-23)15-32-22-12-25-29-33(22)20-10-6-4-8-18(20)24(32)34/h3-12,14H,13,15H2,1-2H3. The monoisotopic (exact) mass is 451 g/mol. The summed E-state index contributed by atoms with van der Waals surface area (Å²) in [4.78, 5) is 25.1. The van der Waals surface area contributed by atoms with Crippen LogP contribution in [0.15, 0.2) is 71.9 Å². The summed E-state index contributed by atoms with van der Waals surface area (Å²) >= 11 is 0. The number of nitrogens with zero attached hydrogens (tertiary/aromatic N) is 9. The Hall–Kier alpha value is -4.60. The third-order valence-corrected chi connectivity index (χ3v) is 5.88. The van der Waals surface area contributed by atoms with Crippen LogP contribution >= 0.6 is 0 Å². The highest BCUT2D eigenvalue weighted by Crippen LogP contribution is 2.25. The molecule has 6 aromatic rings. The molecule has 0 radical (unpaired) electrons. The van der Waals surface area contributed by atoms with Gasteiger partial charge in [0.15, 0.2) is 11.5 Å². The van der Waals surface area contributed by atoms with Crippen molar-refractivity contribution >= 4 is 33.3 Å². The number of hydrogen-bond acceptors (Lipinski definition) is 7. The normalized spacial score (nSPS) is 11.6. The average molecular weight is 451 g/mol. The minimum absolute atomic E-state index is 0.132. The van der Waals surface area contributed by atoms with Crippen molar-refractivity contribution in [1.29, 1.82) is 0 Å². The molecule has 2 aromatic carbocycles. The van der Waals surface area contributed by atoms with Gasteiger partial charge >= 0.3 is 0 Å². The van der Waals surface area contributed by atoms with Crippen molar-refractivity contribution in [3.63, 3.8) is 0 Å². The van der Waals surface area contributed by atoms with E-state index in [1.165, 1.54) is 0 Å². The number of rotatable bonds is 5. The quantitative estimate of drug-likeness (QED) is 0.397. The van der Waals surface area contributed by atoms with Crippen molar-refractivity contribution in [3.05, 3.63) is 88.9 Å². The van der Waals surface area contributed by atoms with Gasteiger partial charge in [-0.1, -0.05) is 29.5 Å². The molecule has 0 aliphatic rings. The molecule has 0 atom stereocenters. The summed E-state index contributed by atoms with van der Waals surface area (Å²) in [7, 11) is 3.89. The molecule has 4 aromatic heterocycles. The summed E-state index contributed by atoms with van der Waals surface area (Å²) in [5.74, 6) is 1.33. The van der Waals surface area contributed by atoms with Crippen LogP contribution in [0.25, 0.3) is 27.5 Å². The van der Waals surface area contributed by atoms with Gasteiger partial charge in [0.25, 0.3) is 5.56 Å². The molecule has 10 heteroatoms. The molecule has 0 fully saturated rings. The minimum Gasteiger partial charge on any atom is -0.355 e. The van der Waals surface area contributed by atoms with E-state index in [0.717, 1.165) is 22.3 Å². The first-order chi connectivity index (χ1) is 16.6. The fourth-order valence-corrected chi connectivity index (χ4v) is 4.34. The smallest absolute Gasteiger partial charge is 0.262 e. The first-order valence-corrected chi connectivity index (χ1v) is 10.8. The van der Waals surface area contributed by atoms with Gasteiger partial charge in [-0.05, 0) is 24.3 Å². The van der Waals surface area contributed by atoms with E-state index in [4.69, 9.17) is 9.97 Å². The summed E-state index contributed by atoms with van der Waals surface area (Å²) < 4.78 is 5.08. The molecule has 4 heterocycles. The van der Waals surface area contributed by atoms with E-state index in [9.17, 15) is 4.79 Å². The molecule has 0 aliphatic carbocycles. The first kappa shape index (κ1) is 20.0. The second-order valence-corrected chi connectivity index (χ2v) is 8.27. The van der Waals surface area contributed by atoms with Crippen LogP contribution in [0.5, 0.6) is 0 Å². The van der Waals surface area contributed by atoms with Gasteiger partial charge in [-0.3, -0.25) is 14.0 Å². The fourth-order valence-electron chi connectivity index (χ4n) is 4.34. The molecule has 168 valence electrons. The van der Waals surface area contributed by atoms with Crippen LogP contribution < -0.4 is 10.5 Å². The fraction of sp³-hybridized carbons (Fsp3) is 0.167.